The first-order valence-corrected chi connectivity index (χ1v) is 9.12. The summed E-state index contributed by atoms with van der Waals surface area (Å²) in [5.41, 5.74) is 5.81. The molecule has 0 aliphatic heterocycles. The minimum Gasteiger partial charge on any atom is -0.386 e. The number of halogens is 1. The van der Waals surface area contributed by atoms with Gasteiger partial charge in [-0.25, -0.2) is 0 Å². The normalized spacial score (nSPS) is 10.3. The zero-order valence-corrected chi connectivity index (χ0v) is 15.6. The van der Waals surface area contributed by atoms with Crippen LogP contribution in [-0.4, -0.2) is 16.4 Å². The molecule has 0 spiro atoms. The largest absolute Gasteiger partial charge is 0.386 e. The van der Waals surface area contributed by atoms with Gasteiger partial charge in [0.05, 0.1) is 23.0 Å². The fraction of sp³-hybridized carbons (Fsp3) is 0.438. The number of amides is 1. The Morgan fingerprint density at radius 2 is 1.86 bits per heavy atom. The summed E-state index contributed by atoms with van der Waals surface area (Å²) in [4.78, 5) is 12.1. The van der Waals surface area contributed by atoms with Crippen LogP contribution in [0.2, 0.25) is 5.02 Å². The highest BCUT2D eigenvalue weighted by Gasteiger charge is 2.13. The summed E-state index contributed by atoms with van der Waals surface area (Å²) >= 11 is 5.99. The minimum atomic E-state index is -1.20. The van der Waals surface area contributed by atoms with Crippen molar-refractivity contribution in [2.45, 2.75) is 45.4 Å². The van der Waals surface area contributed by atoms with E-state index in [0.717, 1.165) is 0 Å². The molecular weight excluding hydrogens is 320 g/mol. The average Bonchev–Trinajstić information content (AvgIpc) is 2.43. The first kappa shape index (κ1) is 22.9. The Labute approximate surface area is 141 Å². The second-order valence-corrected chi connectivity index (χ2v) is 5.88. The van der Waals surface area contributed by atoms with Crippen LogP contribution in [0, 0.1) is 0 Å². The Morgan fingerprint density at radius 1 is 1.36 bits per heavy atom. The molecule has 1 aromatic carbocycles. The van der Waals surface area contributed by atoms with Crippen molar-refractivity contribution in [3.05, 3.63) is 41.2 Å². The lowest BCUT2D eigenvalue weighted by Crippen LogP contribution is -2.28. The molecule has 0 saturated carbocycles. The monoisotopic (exact) mass is 346 g/mol. The molecule has 4 nitrogen and oxygen atoms in total. The van der Waals surface area contributed by atoms with Gasteiger partial charge in [-0.15, -0.1) is 0 Å². The van der Waals surface area contributed by atoms with Crippen molar-refractivity contribution in [3.8, 4) is 0 Å². The van der Waals surface area contributed by atoms with Gasteiger partial charge in [0.2, 0.25) is 5.91 Å². The van der Waals surface area contributed by atoms with E-state index < -0.39 is 10.8 Å². The highest BCUT2D eigenvalue weighted by molar-refractivity contribution is 7.84. The standard InChI is InChI=1S/C11H13ClN2O2S.C3H8.C2H6/c1-7(13)14-11(15)6-8-9(12)4-3-5-10(8)17(2)16;1-3-2;1-2/h3-5H,1,6,13H2,2H3,(H,14,15);3H2,1-2H3;1-2H3. The fourth-order valence-electron chi connectivity index (χ4n) is 1.36. The van der Waals surface area contributed by atoms with Crippen molar-refractivity contribution < 1.29 is 9.00 Å². The molecule has 1 atom stereocenters. The van der Waals surface area contributed by atoms with Gasteiger partial charge in [0.25, 0.3) is 0 Å². The maximum atomic E-state index is 11.5. The maximum Gasteiger partial charge on any atom is 0.229 e. The molecule has 0 aliphatic rings. The van der Waals surface area contributed by atoms with E-state index >= 15 is 0 Å². The molecule has 0 fully saturated rings. The molecule has 3 N–H and O–H groups in total. The van der Waals surface area contributed by atoms with Crippen molar-refractivity contribution in [2.75, 3.05) is 6.26 Å². The van der Waals surface area contributed by atoms with Crippen LogP contribution in [0.3, 0.4) is 0 Å². The van der Waals surface area contributed by atoms with E-state index in [1.54, 1.807) is 18.2 Å². The van der Waals surface area contributed by atoms with Gasteiger partial charge in [0, 0.05) is 16.2 Å². The third-order valence-electron chi connectivity index (χ3n) is 2.02. The third-order valence-corrected chi connectivity index (χ3v) is 3.38. The summed E-state index contributed by atoms with van der Waals surface area (Å²) in [6, 6.07) is 5.03. The predicted molar refractivity (Wildman–Crippen MR) is 96.3 cm³/mol. The SMILES string of the molecule is C=C(N)NC(=O)Cc1c(Cl)cccc1S(C)=O.CC.CCC. The summed E-state index contributed by atoms with van der Waals surface area (Å²) in [5, 5.41) is 2.78. The predicted octanol–water partition coefficient (Wildman–Crippen LogP) is 3.61. The van der Waals surface area contributed by atoms with Gasteiger partial charge in [-0.05, 0) is 17.7 Å². The second kappa shape index (κ2) is 13.3. The molecule has 126 valence electrons. The average molecular weight is 347 g/mol. The van der Waals surface area contributed by atoms with Gasteiger partial charge >= 0.3 is 0 Å². The number of benzene rings is 1. The number of nitrogens with two attached hydrogens (primary N) is 1. The van der Waals surface area contributed by atoms with Crippen molar-refractivity contribution in [1.82, 2.24) is 5.32 Å². The van der Waals surface area contributed by atoms with E-state index in [1.807, 2.05) is 13.8 Å². The molecule has 0 aliphatic carbocycles. The molecule has 6 heteroatoms. The van der Waals surface area contributed by atoms with Crippen molar-refractivity contribution >= 4 is 28.3 Å². The molecule has 1 rings (SSSR count). The number of carbonyl (C=O) groups excluding carboxylic acids is 1. The zero-order valence-electron chi connectivity index (χ0n) is 14.0. The molecule has 0 heterocycles. The quantitative estimate of drug-likeness (QED) is 0.874. The summed E-state index contributed by atoms with van der Waals surface area (Å²) in [6.45, 7) is 11.6. The number of carbonyl (C=O) groups is 1. The van der Waals surface area contributed by atoms with E-state index in [9.17, 15) is 9.00 Å². The van der Waals surface area contributed by atoms with Crippen LogP contribution in [0.25, 0.3) is 0 Å². The maximum absolute atomic E-state index is 11.5. The van der Waals surface area contributed by atoms with Crippen LogP contribution in [0.4, 0.5) is 0 Å². The number of hydrogen-bond donors (Lipinski definition) is 2. The van der Waals surface area contributed by atoms with E-state index in [2.05, 4.69) is 25.7 Å². The fourth-order valence-corrected chi connectivity index (χ4v) is 2.46. The Bertz CT molecular complexity index is 505. The molecule has 1 aromatic rings. The topological polar surface area (TPSA) is 72.2 Å². The van der Waals surface area contributed by atoms with Gasteiger partial charge in [0.15, 0.2) is 0 Å². The molecule has 0 saturated heterocycles. The lowest BCUT2D eigenvalue weighted by atomic mass is 10.1. The van der Waals surface area contributed by atoms with Gasteiger partial charge < -0.3 is 11.1 Å². The summed E-state index contributed by atoms with van der Waals surface area (Å²) < 4.78 is 11.5. The molecule has 0 bridgehead atoms. The van der Waals surface area contributed by atoms with Crippen molar-refractivity contribution in [1.29, 1.82) is 0 Å². The van der Waals surface area contributed by atoms with Gasteiger partial charge in [-0.3, -0.25) is 9.00 Å². The summed E-state index contributed by atoms with van der Waals surface area (Å²) in [6.07, 6.45) is 2.81. The highest BCUT2D eigenvalue weighted by atomic mass is 35.5. The second-order valence-electron chi connectivity index (χ2n) is 4.13. The smallest absolute Gasteiger partial charge is 0.229 e. The van der Waals surface area contributed by atoms with E-state index in [0.29, 0.717) is 15.5 Å². The van der Waals surface area contributed by atoms with Crippen molar-refractivity contribution in [2.24, 2.45) is 5.73 Å². The summed E-state index contributed by atoms with van der Waals surface area (Å²) in [5.74, 6) is -0.265. The minimum absolute atomic E-state index is 0.0187. The number of rotatable bonds is 4. The lowest BCUT2D eigenvalue weighted by Gasteiger charge is -2.09. The Morgan fingerprint density at radius 3 is 2.27 bits per heavy atom. The molecule has 0 radical (unpaired) electrons. The summed E-state index contributed by atoms with van der Waals surface area (Å²) in [7, 11) is -1.20. The van der Waals surface area contributed by atoms with Crippen LogP contribution in [-0.2, 0) is 22.0 Å². The van der Waals surface area contributed by atoms with Crippen LogP contribution in [0.1, 0.15) is 39.7 Å². The van der Waals surface area contributed by atoms with Crippen molar-refractivity contribution in [3.63, 3.8) is 0 Å². The Balaban J connectivity index is 0. The lowest BCUT2D eigenvalue weighted by molar-refractivity contribution is -0.119. The van der Waals surface area contributed by atoms with E-state index in [1.165, 1.54) is 12.7 Å². The molecule has 1 unspecified atom stereocenters. The van der Waals surface area contributed by atoms with Gasteiger partial charge in [0.1, 0.15) is 0 Å². The van der Waals surface area contributed by atoms with Gasteiger partial charge in [-0.1, -0.05) is 58.4 Å². The molecule has 0 aromatic heterocycles. The van der Waals surface area contributed by atoms with E-state index in [-0.39, 0.29) is 18.1 Å². The van der Waals surface area contributed by atoms with Crippen LogP contribution in [0.15, 0.2) is 35.5 Å². The van der Waals surface area contributed by atoms with Crippen LogP contribution < -0.4 is 11.1 Å². The van der Waals surface area contributed by atoms with Crippen LogP contribution in [0.5, 0.6) is 0 Å². The Kier molecular flexibility index (Phi) is 13.9. The first-order chi connectivity index (χ1) is 10.3. The number of hydrogen-bond acceptors (Lipinski definition) is 3. The zero-order chi connectivity index (χ0) is 17.7. The van der Waals surface area contributed by atoms with Crippen LogP contribution >= 0.6 is 11.6 Å². The number of nitrogens with one attached hydrogen (secondary N) is 1. The highest BCUT2D eigenvalue weighted by Crippen LogP contribution is 2.22. The molecule has 1 amide bonds. The Hall–Kier alpha value is -1.33. The molecular formula is C16H27ClN2O2S. The molecule has 22 heavy (non-hydrogen) atoms. The third kappa shape index (κ3) is 9.58. The van der Waals surface area contributed by atoms with E-state index in [4.69, 9.17) is 17.3 Å². The van der Waals surface area contributed by atoms with Gasteiger partial charge in [-0.2, -0.15) is 0 Å². The first-order valence-electron chi connectivity index (χ1n) is 7.18.